The molecule has 1 aromatic rings. The first-order chi connectivity index (χ1) is 6.31. The van der Waals surface area contributed by atoms with Crippen LogP contribution in [0.2, 0.25) is 32.7 Å². The van der Waals surface area contributed by atoms with Crippen LogP contribution in [0.1, 0.15) is 0 Å². The highest BCUT2D eigenvalue weighted by Crippen LogP contribution is 2.13. The molecule has 0 spiro atoms. The summed E-state index contributed by atoms with van der Waals surface area (Å²) in [6, 6.07) is 10.6. The van der Waals surface area contributed by atoms with Gasteiger partial charge in [0.15, 0.2) is 8.32 Å². The molecule has 0 fully saturated rings. The summed E-state index contributed by atoms with van der Waals surface area (Å²) in [6.07, 6.45) is 0. The van der Waals surface area contributed by atoms with Gasteiger partial charge in [-0.2, -0.15) is 0 Å². The molecule has 0 bridgehead atoms. The Labute approximate surface area is 94.9 Å². The second-order valence-electron chi connectivity index (χ2n) is 5.09. The predicted octanol–water partition coefficient (Wildman–Crippen LogP) is 2.13. The van der Waals surface area contributed by atoms with Gasteiger partial charge in [0.05, 0.1) is 0 Å². The van der Waals surface area contributed by atoms with Crippen molar-refractivity contribution in [2.45, 2.75) is 32.7 Å². The van der Waals surface area contributed by atoms with E-state index in [1.54, 1.807) is 0 Å². The number of hydrogen-bond donors (Lipinski definition) is 0. The van der Waals surface area contributed by atoms with Crippen molar-refractivity contribution in [3.05, 3.63) is 30.3 Å². The zero-order chi connectivity index (χ0) is 10.8. The standard InChI is InChI=1S/C11H20OSi2.H2O/c1-13(2,3)12-14(4,5)11-9-7-6-8-10-11;/h6-10H,1-5H3;1H2. The van der Waals surface area contributed by atoms with Gasteiger partial charge < -0.3 is 9.59 Å². The van der Waals surface area contributed by atoms with E-state index in [4.69, 9.17) is 4.12 Å². The highest BCUT2D eigenvalue weighted by molar-refractivity contribution is 6.92. The molecule has 0 atom stereocenters. The van der Waals surface area contributed by atoms with E-state index in [1.165, 1.54) is 5.19 Å². The van der Waals surface area contributed by atoms with Gasteiger partial charge in [0.25, 0.3) is 0 Å². The molecular formula is C11H22O2Si2. The van der Waals surface area contributed by atoms with Crippen molar-refractivity contribution in [2.75, 3.05) is 0 Å². The lowest BCUT2D eigenvalue weighted by Gasteiger charge is -2.31. The molecule has 1 rings (SSSR count). The van der Waals surface area contributed by atoms with Crippen molar-refractivity contribution in [3.8, 4) is 0 Å². The Kier molecular flexibility index (Phi) is 4.93. The van der Waals surface area contributed by atoms with Crippen molar-refractivity contribution in [1.29, 1.82) is 0 Å². The SMILES string of the molecule is C[Si](C)(C)O[Si](C)(C)c1ccccc1.O. The van der Waals surface area contributed by atoms with Crippen LogP contribution in [0.25, 0.3) is 0 Å². The fraction of sp³-hybridized carbons (Fsp3) is 0.455. The van der Waals surface area contributed by atoms with Gasteiger partial charge in [-0.25, -0.2) is 0 Å². The van der Waals surface area contributed by atoms with Crippen molar-refractivity contribution in [2.24, 2.45) is 0 Å². The summed E-state index contributed by atoms with van der Waals surface area (Å²) in [5, 5.41) is 1.39. The lowest BCUT2D eigenvalue weighted by molar-refractivity contribution is 0.566. The topological polar surface area (TPSA) is 40.7 Å². The summed E-state index contributed by atoms with van der Waals surface area (Å²) in [4.78, 5) is 0. The van der Waals surface area contributed by atoms with Crippen molar-refractivity contribution in [1.82, 2.24) is 0 Å². The van der Waals surface area contributed by atoms with Crippen LogP contribution in [0, 0.1) is 0 Å². The van der Waals surface area contributed by atoms with E-state index in [-0.39, 0.29) is 5.48 Å². The third kappa shape index (κ3) is 4.75. The fourth-order valence-electron chi connectivity index (χ4n) is 1.66. The van der Waals surface area contributed by atoms with Gasteiger partial charge in [-0.1, -0.05) is 30.3 Å². The summed E-state index contributed by atoms with van der Waals surface area (Å²) in [5.74, 6) is 0. The maximum atomic E-state index is 6.29. The molecule has 0 amide bonds. The lowest BCUT2D eigenvalue weighted by Crippen LogP contribution is -2.51. The smallest absolute Gasteiger partial charge is 0.205 e. The van der Waals surface area contributed by atoms with Crippen LogP contribution in [0.3, 0.4) is 0 Å². The first-order valence-electron chi connectivity index (χ1n) is 5.07. The molecule has 15 heavy (non-hydrogen) atoms. The summed E-state index contributed by atoms with van der Waals surface area (Å²) >= 11 is 0. The molecule has 0 saturated carbocycles. The van der Waals surface area contributed by atoms with Gasteiger partial charge in [-0.3, -0.25) is 0 Å². The average molecular weight is 242 g/mol. The molecule has 86 valence electrons. The number of hydrogen-bond acceptors (Lipinski definition) is 1. The summed E-state index contributed by atoms with van der Waals surface area (Å²) in [6.45, 7) is 11.3. The molecular weight excluding hydrogens is 220 g/mol. The van der Waals surface area contributed by atoms with Crippen molar-refractivity contribution >= 4 is 21.8 Å². The van der Waals surface area contributed by atoms with Crippen LogP contribution in [0.15, 0.2) is 30.3 Å². The van der Waals surface area contributed by atoms with Gasteiger partial charge in [-0.15, -0.1) is 0 Å². The Morgan fingerprint density at radius 3 is 1.73 bits per heavy atom. The van der Waals surface area contributed by atoms with E-state index >= 15 is 0 Å². The van der Waals surface area contributed by atoms with E-state index in [2.05, 4.69) is 63.1 Å². The molecule has 2 N–H and O–H groups in total. The third-order valence-corrected chi connectivity index (χ3v) is 8.24. The van der Waals surface area contributed by atoms with E-state index in [0.29, 0.717) is 0 Å². The van der Waals surface area contributed by atoms with Crippen molar-refractivity contribution < 1.29 is 9.59 Å². The quantitative estimate of drug-likeness (QED) is 0.749. The Hall–Kier alpha value is -0.426. The Balaban J connectivity index is 0.00000196. The zero-order valence-electron chi connectivity index (χ0n) is 10.3. The highest BCUT2D eigenvalue weighted by Gasteiger charge is 2.30. The van der Waals surface area contributed by atoms with Crippen LogP contribution < -0.4 is 5.19 Å². The van der Waals surface area contributed by atoms with Crippen LogP contribution in [0.5, 0.6) is 0 Å². The van der Waals surface area contributed by atoms with Gasteiger partial charge in [0, 0.05) is 0 Å². The molecule has 2 nitrogen and oxygen atoms in total. The van der Waals surface area contributed by atoms with E-state index < -0.39 is 16.6 Å². The minimum atomic E-state index is -1.65. The first kappa shape index (κ1) is 14.6. The molecule has 4 heteroatoms. The number of benzene rings is 1. The van der Waals surface area contributed by atoms with Gasteiger partial charge in [0.1, 0.15) is 0 Å². The second kappa shape index (κ2) is 5.07. The average Bonchev–Trinajstić information content (AvgIpc) is 2.01. The Morgan fingerprint density at radius 1 is 0.867 bits per heavy atom. The number of rotatable bonds is 3. The maximum Gasteiger partial charge on any atom is 0.205 e. The molecule has 0 heterocycles. The van der Waals surface area contributed by atoms with Crippen LogP contribution in [-0.4, -0.2) is 22.1 Å². The minimum Gasteiger partial charge on any atom is -0.452 e. The maximum absolute atomic E-state index is 6.29. The van der Waals surface area contributed by atoms with Gasteiger partial charge >= 0.3 is 0 Å². The first-order valence-corrected chi connectivity index (χ1v) is 11.4. The zero-order valence-corrected chi connectivity index (χ0v) is 12.3. The normalized spacial score (nSPS) is 12.1. The Bertz CT molecular complexity index is 291. The summed E-state index contributed by atoms with van der Waals surface area (Å²) < 4.78 is 6.29. The molecule has 0 aliphatic carbocycles. The van der Waals surface area contributed by atoms with Crippen LogP contribution >= 0.6 is 0 Å². The summed E-state index contributed by atoms with van der Waals surface area (Å²) in [7, 11) is -3.07. The highest BCUT2D eigenvalue weighted by atomic mass is 28.4. The van der Waals surface area contributed by atoms with E-state index in [9.17, 15) is 0 Å². The van der Waals surface area contributed by atoms with Gasteiger partial charge in [-0.05, 0) is 37.9 Å². The predicted molar refractivity (Wildman–Crippen MR) is 71.6 cm³/mol. The van der Waals surface area contributed by atoms with Crippen LogP contribution in [0.4, 0.5) is 0 Å². The fourth-order valence-corrected chi connectivity index (χ4v) is 9.25. The van der Waals surface area contributed by atoms with E-state index in [1.807, 2.05) is 0 Å². The third-order valence-electron chi connectivity index (χ3n) is 2.03. The molecule has 1 aromatic carbocycles. The minimum absolute atomic E-state index is 0. The van der Waals surface area contributed by atoms with Crippen molar-refractivity contribution in [3.63, 3.8) is 0 Å². The monoisotopic (exact) mass is 242 g/mol. The largest absolute Gasteiger partial charge is 0.452 e. The molecule has 0 unspecified atom stereocenters. The lowest BCUT2D eigenvalue weighted by atomic mass is 10.4. The van der Waals surface area contributed by atoms with E-state index in [0.717, 1.165) is 0 Å². The molecule has 0 aliphatic rings. The second-order valence-corrected chi connectivity index (χ2v) is 13.7. The van der Waals surface area contributed by atoms with Gasteiger partial charge in [0.2, 0.25) is 8.32 Å². The van der Waals surface area contributed by atoms with Crippen LogP contribution in [-0.2, 0) is 4.12 Å². The molecule has 0 saturated heterocycles. The Morgan fingerprint density at radius 2 is 1.33 bits per heavy atom. The summed E-state index contributed by atoms with van der Waals surface area (Å²) in [5.41, 5.74) is 0. The molecule has 0 aliphatic heterocycles. The molecule has 0 aromatic heterocycles. The molecule has 0 radical (unpaired) electrons.